The summed E-state index contributed by atoms with van der Waals surface area (Å²) in [4.78, 5) is 0. The fraction of sp³-hybridized carbons (Fsp3) is 0. The predicted octanol–water partition coefficient (Wildman–Crippen LogP) is -1.29. The lowest BCUT2D eigenvalue weighted by Crippen LogP contribution is -1.93. The van der Waals surface area contributed by atoms with Crippen molar-refractivity contribution in [2.24, 2.45) is 0 Å². The SMILES string of the molecule is O=S(O)O.O=S(O)O.O=S(O)S(=O)O. The van der Waals surface area contributed by atoms with Gasteiger partial charge in [-0.3, -0.25) is 27.3 Å². The number of hydrogen-bond donors (Lipinski definition) is 6. The predicted molar refractivity (Wildman–Crippen MR) is 48.3 cm³/mol. The molecular weight excluding hydrogens is 288 g/mol. The maximum Gasteiger partial charge on any atom is 0.299 e. The van der Waals surface area contributed by atoms with Gasteiger partial charge in [-0.2, -0.15) is 8.42 Å². The maximum absolute atomic E-state index is 9.26. The van der Waals surface area contributed by atoms with Crippen molar-refractivity contribution in [2.45, 2.75) is 0 Å². The zero-order valence-corrected chi connectivity index (χ0v) is 9.22. The van der Waals surface area contributed by atoms with Crippen molar-refractivity contribution in [2.75, 3.05) is 0 Å². The molecule has 0 saturated carbocycles. The van der Waals surface area contributed by atoms with Gasteiger partial charge in [0, 0.05) is 0 Å². The van der Waals surface area contributed by atoms with Gasteiger partial charge < -0.3 is 0 Å². The van der Waals surface area contributed by atoms with Crippen molar-refractivity contribution in [3.63, 3.8) is 0 Å². The molecule has 0 saturated heterocycles. The van der Waals surface area contributed by atoms with Crippen LogP contribution < -0.4 is 0 Å². The highest BCUT2D eigenvalue weighted by atomic mass is 33.2. The molecule has 0 radical (unpaired) electrons. The van der Waals surface area contributed by atoms with E-state index in [1.54, 1.807) is 0 Å². The average molecular weight is 294 g/mol. The molecule has 0 spiro atoms. The van der Waals surface area contributed by atoms with Crippen LogP contribution in [0.25, 0.3) is 0 Å². The van der Waals surface area contributed by atoms with Gasteiger partial charge in [0.15, 0.2) is 0 Å². The van der Waals surface area contributed by atoms with E-state index in [0.717, 1.165) is 0 Å². The van der Waals surface area contributed by atoms with Crippen LogP contribution in [0.15, 0.2) is 0 Å². The van der Waals surface area contributed by atoms with Crippen LogP contribution in [-0.4, -0.2) is 44.2 Å². The summed E-state index contributed by atoms with van der Waals surface area (Å²) in [5.41, 5.74) is 0. The summed E-state index contributed by atoms with van der Waals surface area (Å²) in [7, 11) is -5.18. The molecule has 0 aliphatic carbocycles. The van der Waals surface area contributed by atoms with Crippen molar-refractivity contribution in [1.82, 2.24) is 0 Å². The number of rotatable bonds is 1. The van der Waals surface area contributed by atoms with Gasteiger partial charge in [-0.05, 0) is 0 Å². The molecule has 0 fully saturated rings. The first-order valence-electron chi connectivity index (χ1n) is 1.93. The normalized spacial score (nSPS) is 13.4. The third-order valence-electron chi connectivity index (χ3n) is 0.122. The summed E-state index contributed by atoms with van der Waals surface area (Å²) in [6.45, 7) is 0. The lowest BCUT2D eigenvalue weighted by Gasteiger charge is -1.74. The topological polar surface area (TPSA) is 190 Å². The molecule has 14 heavy (non-hydrogen) atoms. The summed E-state index contributed by atoms with van der Waals surface area (Å²) < 4.78 is 79.3. The molecule has 0 heterocycles. The summed E-state index contributed by atoms with van der Waals surface area (Å²) in [6, 6.07) is 0. The smallest absolute Gasteiger partial charge is 0.294 e. The van der Waals surface area contributed by atoms with Crippen LogP contribution >= 0.6 is 0 Å². The van der Waals surface area contributed by atoms with Gasteiger partial charge in [0.05, 0.1) is 0 Å². The highest BCUT2D eigenvalue weighted by Crippen LogP contribution is 1.74. The molecule has 2 atom stereocenters. The molecule has 0 aliphatic heterocycles. The van der Waals surface area contributed by atoms with Crippen molar-refractivity contribution in [3.8, 4) is 0 Å². The molecule has 14 heteroatoms. The highest BCUT2D eigenvalue weighted by molar-refractivity contribution is 8.56. The first-order chi connectivity index (χ1) is 6.11. The third-order valence-corrected chi connectivity index (χ3v) is 1.10. The van der Waals surface area contributed by atoms with Crippen molar-refractivity contribution in [1.29, 1.82) is 0 Å². The molecule has 0 bridgehead atoms. The summed E-state index contributed by atoms with van der Waals surface area (Å²) >= 11 is -5.22. The molecule has 2 unspecified atom stereocenters. The Kier molecular flexibility index (Phi) is 19.0. The van der Waals surface area contributed by atoms with E-state index in [4.69, 9.17) is 35.7 Å². The van der Waals surface area contributed by atoms with Gasteiger partial charge >= 0.3 is 0 Å². The fourth-order valence-electron chi connectivity index (χ4n) is 0. The van der Waals surface area contributed by atoms with Gasteiger partial charge in [0.1, 0.15) is 0 Å². The van der Waals surface area contributed by atoms with Crippen LogP contribution in [0.4, 0.5) is 0 Å². The summed E-state index contributed by atoms with van der Waals surface area (Å²) in [5.74, 6) is 0. The second-order valence-electron chi connectivity index (χ2n) is 0.896. The largest absolute Gasteiger partial charge is 0.299 e. The van der Waals surface area contributed by atoms with E-state index in [0.29, 0.717) is 0 Å². The Labute approximate surface area is 87.3 Å². The molecular formula is H6O10S4. The van der Waals surface area contributed by atoms with E-state index in [1.807, 2.05) is 0 Å². The minimum absolute atomic E-state index is 2.59. The minimum atomic E-state index is -2.61. The second kappa shape index (κ2) is 13.4. The zero-order chi connectivity index (χ0) is 12.3. The van der Waals surface area contributed by atoms with Crippen LogP contribution in [0, 0.1) is 0 Å². The van der Waals surface area contributed by atoms with Crippen molar-refractivity contribution >= 4 is 42.9 Å². The van der Waals surface area contributed by atoms with Gasteiger partial charge in [0.2, 0.25) is 0 Å². The van der Waals surface area contributed by atoms with E-state index in [1.165, 1.54) is 0 Å². The van der Waals surface area contributed by atoms with E-state index in [9.17, 15) is 8.42 Å². The molecule has 0 aliphatic rings. The Balaban J connectivity index is -0.000000135. The molecule has 0 amide bonds. The second-order valence-corrected chi connectivity index (χ2v) is 4.40. The van der Waals surface area contributed by atoms with Gasteiger partial charge in [0.25, 0.3) is 42.9 Å². The zero-order valence-electron chi connectivity index (χ0n) is 5.95. The Morgan fingerprint density at radius 1 is 0.500 bits per heavy atom. The van der Waals surface area contributed by atoms with Crippen LogP contribution in [0.2, 0.25) is 0 Å². The Morgan fingerprint density at radius 2 is 0.571 bits per heavy atom. The maximum atomic E-state index is 9.26. The fourth-order valence-corrected chi connectivity index (χ4v) is 0. The average Bonchev–Trinajstić information content (AvgIpc) is 1.83. The molecule has 0 rings (SSSR count). The quantitative estimate of drug-likeness (QED) is 0.250. The van der Waals surface area contributed by atoms with E-state index < -0.39 is 42.9 Å². The van der Waals surface area contributed by atoms with E-state index >= 15 is 0 Å². The molecule has 10 nitrogen and oxygen atoms in total. The Hall–Kier alpha value is 0.360. The molecule has 0 aromatic heterocycles. The minimum Gasteiger partial charge on any atom is -0.294 e. The van der Waals surface area contributed by atoms with Crippen LogP contribution in [-0.2, 0) is 42.9 Å². The van der Waals surface area contributed by atoms with Crippen LogP contribution in [0.5, 0.6) is 0 Å². The van der Waals surface area contributed by atoms with Gasteiger partial charge in [-0.15, -0.1) is 0 Å². The lowest BCUT2D eigenvalue weighted by atomic mass is 15.8. The molecule has 6 N–H and O–H groups in total. The van der Waals surface area contributed by atoms with E-state index in [2.05, 4.69) is 0 Å². The van der Waals surface area contributed by atoms with Crippen molar-refractivity contribution < 1.29 is 44.2 Å². The molecule has 0 aromatic rings. The first-order valence-corrected chi connectivity index (χ1v) is 6.79. The Morgan fingerprint density at radius 3 is 0.571 bits per heavy atom. The number of hydrogen-bond acceptors (Lipinski definition) is 4. The van der Waals surface area contributed by atoms with Crippen LogP contribution in [0.1, 0.15) is 0 Å². The summed E-state index contributed by atoms with van der Waals surface area (Å²) in [6.07, 6.45) is 0. The monoisotopic (exact) mass is 294 g/mol. The first kappa shape index (κ1) is 19.9. The lowest BCUT2D eigenvalue weighted by molar-refractivity contribution is 0.452. The highest BCUT2D eigenvalue weighted by Gasteiger charge is 1.95. The van der Waals surface area contributed by atoms with Crippen molar-refractivity contribution in [3.05, 3.63) is 0 Å². The van der Waals surface area contributed by atoms with Gasteiger partial charge in [-0.25, -0.2) is 8.42 Å². The van der Waals surface area contributed by atoms with Gasteiger partial charge in [-0.1, -0.05) is 0 Å². The Bertz CT molecular complexity index is 184. The van der Waals surface area contributed by atoms with E-state index in [-0.39, 0.29) is 0 Å². The third kappa shape index (κ3) is 83.9. The summed E-state index contributed by atoms with van der Waals surface area (Å²) in [5, 5.41) is 0. The standard InChI is InChI=1S/H2O4S2.2H2O3S/c1-5(2)6(3)4;2*1-4(2)3/h(H,1,2)(H,3,4);2*(H2,1,2,3). The van der Waals surface area contributed by atoms with Crippen LogP contribution in [0.3, 0.4) is 0 Å². The molecule has 90 valence electrons. The molecule has 0 aromatic carbocycles.